The predicted molar refractivity (Wildman–Crippen MR) is 129 cm³/mol. The van der Waals surface area contributed by atoms with E-state index in [2.05, 4.69) is 28.7 Å². The lowest BCUT2D eigenvalue weighted by molar-refractivity contribution is -0.126. The number of ether oxygens (including phenoxy) is 1. The number of nitrogen functional groups attached to an aromatic ring is 1. The maximum Gasteiger partial charge on any atom is 0.274 e. The van der Waals surface area contributed by atoms with Crippen LogP contribution >= 0.6 is 0 Å². The second-order valence-corrected chi connectivity index (χ2v) is 9.13. The van der Waals surface area contributed by atoms with Crippen molar-refractivity contribution in [3.05, 3.63) is 48.0 Å². The lowest BCUT2D eigenvalue weighted by Crippen LogP contribution is -2.44. The topological polar surface area (TPSA) is 108 Å². The quantitative estimate of drug-likeness (QED) is 0.361. The number of hydrogen-bond acceptors (Lipinski definition) is 6. The number of amidine groups is 1. The van der Waals surface area contributed by atoms with Crippen molar-refractivity contribution in [1.29, 1.82) is 5.41 Å². The molecule has 2 aliphatic rings. The highest BCUT2D eigenvalue weighted by molar-refractivity contribution is 6.00. The second-order valence-electron chi connectivity index (χ2n) is 9.13. The van der Waals surface area contributed by atoms with E-state index in [1.54, 1.807) is 4.90 Å². The SMILES string of the molecule is C[C@@H]1CCC[C@H](C)N1CCCCCN1C(=O)C(c2cncc(C(=N)N)n2)Oc2ccccc21. The van der Waals surface area contributed by atoms with Crippen molar-refractivity contribution in [1.82, 2.24) is 14.9 Å². The van der Waals surface area contributed by atoms with Crippen LogP contribution in [0, 0.1) is 5.41 Å². The second kappa shape index (κ2) is 10.3. The Hall–Kier alpha value is -3.00. The van der Waals surface area contributed by atoms with E-state index in [9.17, 15) is 4.79 Å². The van der Waals surface area contributed by atoms with Gasteiger partial charge in [0.15, 0.2) is 0 Å². The normalized spacial score (nSPS) is 23.2. The summed E-state index contributed by atoms with van der Waals surface area (Å²) in [5, 5.41) is 7.62. The van der Waals surface area contributed by atoms with Crippen LogP contribution in [0.4, 0.5) is 5.69 Å². The molecule has 8 heteroatoms. The van der Waals surface area contributed by atoms with Gasteiger partial charge in [0.25, 0.3) is 5.91 Å². The van der Waals surface area contributed by atoms with Gasteiger partial charge in [-0.25, -0.2) is 4.98 Å². The van der Waals surface area contributed by atoms with Gasteiger partial charge in [-0.05, 0) is 58.2 Å². The van der Waals surface area contributed by atoms with E-state index in [4.69, 9.17) is 15.9 Å². The molecule has 1 aromatic heterocycles. The van der Waals surface area contributed by atoms with Crippen LogP contribution in [-0.4, -0.2) is 51.8 Å². The first-order valence-corrected chi connectivity index (χ1v) is 11.9. The maximum absolute atomic E-state index is 13.4. The molecule has 0 aliphatic carbocycles. The van der Waals surface area contributed by atoms with Crippen LogP contribution in [-0.2, 0) is 4.79 Å². The molecule has 3 N–H and O–H groups in total. The Kier molecular flexibility index (Phi) is 7.23. The molecule has 2 aromatic rings. The zero-order valence-electron chi connectivity index (χ0n) is 19.5. The number of aromatic nitrogens is 2. The summed E-state index contributed by atoms with van der Waals surface area (Å²) < 4.78 is 6.01. The van der Waals surface area contributed by atoms with Crippen LogP contribution in [0.1, 0.15) is 69.9 Å². The van der Waals surface area contributed by atoms with E-state index in [0.29, 0.717) is 30.1 Å². The van der Waals surface area contributed by atoms with Gasteiger partial charge in [0, 0.05) is 18.6 Å². The van der Waals surface area contributed by atoms with Crippen molar-refractivity contribution in [2.24, 2.45) is 5.73 Å². The number of nitrogens with zero attached hydrogens (tertiary/aromatic N) is 4. The molecule has 1 saturated heterocycles. The summed E-state index contributed by atoms with van der Waals surface area (Å²) in [4.78, 5) is 26.3. The number of rotatable bonds is 8. The fourth-order valence-electron chi connectivity index (χ4n) is 4.93. The number of nitrogens with two attached hydrogens (primary N) is 1. The van der Waals surface area contributed by atoms with Crippen molar-refractivity contribution in [3.8, 4) is 5.75 Å². The molecule has 1 aromatic carbocycles. The molecule has 0 spiro atoms. The van der Waals surface area contributed by atoms with Crippen LogP contribution in [0.5, 0.6) is 5.75 Å². The van der Waals surface area contributed by atoms with Gasteiger partial charge in [-0.15, -0.1) is 0 Å². The molecule has 8 nitrogen and oxygen atoms in total. The molecule has 3 heterocycles. The zero-order valence-corrected chi connectivity index (χ0v) is 19.5. The number of anilines is 1. The lowest BCUT2D eigenvalue weighted by atomic mass is 9.97. The van der Waals surface area contributed by atoms with Gasteiger partial charge >= 0.3 is 0 Å². The third-order valence-corrected chi connectivity index (χ3v) is 6.76. The Bertz CT molecular complexity index is 986. The first-order valence-electron chi connectivity index (χ1n) is 11.9. The molecule has 3 atom stereocenters. The highest BCUT2D eigenvalue weighted by atomic mass is 16.5. The Morgan fingerprint density at radius 3 is 2.61 bits per heavy atom. The zero-order chi connectivity index (χ0) is 23.4. The summed E-state index contributed by atoms with van der Waals surface area (Å²) >= 11 is 0. The molecule has 1 unspecified atom stereocenters. The van der Waals surface area contributed by atoms with Gasteiger partial charge < -0.3 is 15.4 Å². The summed E-state index contributed by atoms with van der Waals surface area (Å²) in [6, 6.07) is 8.91. The first-order chi connectivity index (χ1) is 16.0. The Balaban J connectivity index is 1.42. The fourth-order valence-corrected chi connectivity index (χ4v) is 4.93. The van der Waals surface area contributed by atoms with Crippen LogP contribution < -0.4 is 15.4 Å². The molecule has 0 bridgehead atoms. The molecule has 1 amide bonds. The molecule has 1 fully saturated rings. The molecule has 176 valence electrons. The van der Waals surface area contributed by atoms with Crippen molar-refractivity contribution >= 4 is 17.4 Å². The van der Waals surface area contributed by atoms with Crippen LogP contribution in [0.15, 0.2) is 36.7 Å². The minimum Gasteiger partial charge on any atom is -0.472 e. The largest absolute Gasteiger partial charge is 0.472 e. The highest BCUT2D eigenvalue weighted by Gasteiger charge is 2.36. The van der Waals surface area contributed by atoms with Crippen molar-refractivity contribution in [3.63, 3.8) is 0 Å². The van der Waals surface area contributed by atoms with Gasteiger partial charge in [-0.1, -0.05) is 25.0 Å². The van der Waals surface area contributed by atoms with E-state index in [1.165, 1.54) is 31.7 Å². The van der Waals surface area contributed by atoms with Crippen LogP contribution in [0.25, 0.3) is 0 Å². The number of fused-ring (bicyclic) bond motifs is 1. The number of piperidine rings is 1. The third kappa shape index (κ3) is 5.16. The van der Waals surface area contributed by atoms with Crippen molar-refractivity contribution < 1.29 is 9.53 Å². The van der Waals surface area contributed by atoms with Crippen molar-refractivity contribution in [2.75, 3.05) is 18.0 Å². The predicted octanol–water partition coefficient (Wildman–Crippen LogP) is 3.66. The smallest absolute Gasteiger partial charge is 0.274 e. The van der Waals surface area contributed by atoms with E-state index < -0.39 is 6.10 Å². The van der Waals surface area contributed by atoms with Gasteiger partial charge in [0.1, 0.15) is 23.0 Å². The van der Waals surface area contributed by atoms with Gasteiger partial charge in [0.2, 0.25) is 6.10 Å². The summed E-state index contributed by atoms with van der Waals surface area (Å²) in [7, 11) is 0. The number of nitrogens with one attached hydrogen (secondary N) is 1. The molecule has 33 heavy (non-hydrogen) atoms. The Labute approximate surface area is 195 Å². The highest BCUT2D eigenvalue weighted by Crippen LogP contribution is 2.38. The summed E-state index contributed by atoms with van der Waals surface area (Å²) in [6.45, 7) is 6.42. The average Bonchev–Trinajstić information content (AvgIpc) is 2.81. The number of para-hydroxylation sites is 2. The van der Waals surface area contributed by atoms with Crippen molar-refractivity contribution in [2.45, 2.75) is 70.6 Å². The summed E-state index contributed by atoms with van der Waals surface area (Å²) in [6.07, 6.45) is 9.04. The Morgan fingerprint density at radius 1 is 1.12 bits per heavy atom. The molecular weight excluding hydrogens is 416 g/mol. The lowest BCUT2D eigenvalue weighted by Gasteiger charge is -2.39. The van der Waals surface area contributed by atoms with E-state index in [0.717, 1.165) is 31.5 Å². The monoisotopic (exact) mass is 450 g/mol. The number of amides is 1. The summed E-state index contributed by atoms with van der Waals surface area (Å²) in [5.41, 5.74) is 6.94. The van der Waals surface area contributed by atoms with E-state index in [-0.39, 0.29) is 17.4 Å². The van der Waals surface area contributed by atoms with Gasteiger partial charge in [0.05, 0.1) is 18.1 Å². The van der Waals surface area contributed by atoms with Gasteiger partial charge in [-0.3, -0.25) is 20.1 Å². The first kappa shape index (κ1) is 23.2. The van der Waals surface area contributed by atoms with E-state index >= 15 is 0 Å². The molecular formula is C25H34N6O2. The third-order valence-electron chi connectivity index (χ3n) is 6.76. The number of likely N-dealkylation sites (tertiary alicyclic amines) is 1. The van der Waals surface area contributed by atoms with Crippen LogP contribution in [0.3, 0.4) is 0 Å². The summed E-state index contributed by atoms with van der Waals surface area (Å²) in [5.74, 6) is 0.289. The molecule has 0 saturated carbocycles. The number of hydrogen-bond donors (Lipinski definition) is 2. The Morgan fingerprint density at radius 2 is 1.85 bits per heavy atom. The number of carbonyl (C=O) groups excluding carboxylic acids is 1. The van der Waals surface area contributed by atoms with E-state index in [1.807, 2.05) is 24.3 Å². The average molecular weight is 451 g/mol. The minimum atomic E-state index is -0.901. The molecule has 0 radical (unpaired) electrons. The fraction of sp³-hybridized carbons (Fsp3) is 0.520. The standard InChI is InChI=1S/C25H34N6O2/c1-17-9-8-10-18(2)30(17)13-6-3-7-14-31-21-11-4-5-12-22(21)33-23(25(31)32)19-15-28-16-20(29-19)24(26)27/h4-5,11-12,15-18,23H,3,6-10,13-14H2,1-2H3,(H3,26,27)/t17-,18+,23?. The number of benzene rings is 1. The van der Waals surface area contributed by atoms with Crippen LogP contribution in [0.2, 0.25) is 0 Å². The molecule has 4 rings (SSSR count). The number of unbranched alkanes of at least 4 members (excludes halogenated alkanes) is 2. The van der Waals surface area contributed by atoms with Gasteiger partial charge in [-0.2, -0.15) is 0 Å². The molecule has 2 aliphatic heterocycles. The maximum atomic E-state index is 13.4. The minimum absolute atomic E-state index is 0.165. The number of carbonyl (C=O) groups is 1.